The van der Waals surface area contributed by atoms with Gasteiger partial charge in [-0.05, 0) is 25.3 Å². The van der Waals surface area contributed by atoms with Gasteiger partial charge in [-0.15, -0.1) is 0 Å². The van der Waals surface area contributed by atoms with Crippen molar-refractivity contribution in [2.24, 2.45) is 5.41 Å². The van der Waals surface area contributed by atoms with E-state index in [1.165, 1.54) is 4.90 Å². The second-order valence-corrected chi connectivity index (χ2v) is 6.07. The Morgan fingerprint density at radius 1 is 1.53 bits per heavy atom. The zero-order valence-corrected chi connectivity index (χ0v) is 11.2. The lowest BCUT2D eigenvalue weighted by atomic mass is 9.75. The standard InChI is InChI=1S/C12H24N2O3/c1-11(2,3)9-7-12(17,8-13-4)5-6-14(9)10(15)16/h9,13,17H,5-8H2,1-4H3,(H,15,16). The topological polar surface area (TPSA) is 72.8 Å². The third kappa shape index (κ3) is 3.33. The van der Waals surface area contributed by atoms with Crippen molar-refractivity contribution in [2.45, 2.75) is 45.3 Å². The molecule has 1 heterocycles. The Labute approximate surface area is 103 Å². The Kier molecular flexibility index (Phi) is 4.04. The van der Waals surface area contributed by atoms with Gasteiger partial charge < -0.3 is 20.4 Å². The third-order valence-electron chi connectivity index (χ3n) is 3.52. The SMILES string of the molecule is CNCC1(O)CCN(C(=O)O)C(C(C)(C)C)C1. The molecule has 2 atom stereocenters. The number of nitrogens with one attached hydrogen (secondary N) is 1. The molecule has 0 aromatic heterocycles. The lowest BCUT2D eigenvalue weighted by Crippen LogP contribution is -2.59. The fraction of sp³-hybridized carbons (Fsp3) is 0.917. The van der Waals surface area contributed by atoms with E-state index in [1.54, 1.807) is 7.05 Å². The van der Waals surface area contributed by atoms with Gasteiger partial charge in [0.25, 0.3) is 0 Å². The van der Waals surface area contributed by atoms with Gasteiger partial charge in [0.15, 0.2) is 0 Å². The van der Waals surface area contributed by atoms with Gasteiger partial charge in [-0.3, -0.25) is 0 Å². The summed E-state index contributed by atoms with van der Waals surface area (Å²) in [7, 11) is 1.80. The highest BCUT2D eigenvalue weighted by molar-refractivity contribution is 5.65. The number of likely N-dealkylation sites (N-methyl/N-ethyl adjacent to an activating group) is 1. The van der Waals surface area contributed by atoms with Crippen molar-refractivity contribution in [1.82, 2.24) is 10.2 Å². The molecule has 1 saturated heterocycles. The van der Waals surface area contributed by atoms with Gasteiger partial charge in [0.2, 0.25) is 0 Å². The molecule has 5 nitrogen and oxygen atoms in total. The minimum absolute atomic E-state index is 0.146. The molecule has 0 bridgehead atoms. The molecule has 3 N–H and O–H groups in total. The Hall–Kier alpha value is -0.810. The molecule has 0 aliphatic carbocycles. The summed E-state index contributed by atoms with van der Waals surface area (Å²) >= 11 is 0. The molecule has 0 radical (unpaired) electrons. The summed E-state index contributed by atoms with van der Waals surface area (Å²) in [6.07, 6.45) is 0.0903. The lowest BCUT2D eigenvalue weighted by Gasteiger charge is -2.48. The molecule has 1 aliphatic heterocycles. The van der Waals surface area contributed by atoms with Gasteiger partial charge in [-0.1, -0.05) is 20.8 Å². The molecule has 1 rings (SSSR count). The number of amides is 1. The highest BCUT2D eigenvalue weighted by Gasteiger charge is 2.44. The van der Waals surface area contributed by atoms with E-state index >= 15 is 0 Å². The van der Waals surface area contributed by atoms with Gasteiger partial charge >= 0.3 is 6.09 Å². The highest BCUT2D eigenvalue weighted by Crippen LogP contribution is 2.36. The molecule has 0 aromatic rings. The molecular formula is C12H24N2O3. The number of aliphatic hydroxyl groups is 1. The maximum atomic E-state index is 11.2. The van der Waals surface area contributed by atoms with Crippen LogP contribution in [0.2, 0.25) is 0 Å². The monoisotopic (exact) mass is 244 g/mol. The van der Waals surface area contributed by atoms with E-state index in [-0.39, 0.29) is 11.5 Å². The smallest absolute Gasteiger partial charge is 0.407 e. The van der Waals surface area contributed by atoms with Crippen LogP contribution in [0.3, 0.4) is 0 Å². The number of hydrogen-bond donors (Lipinski definition) is 3. The first-order valence-corrected chi connectivity index (χ1v) is 6.06. The van der Waals surface area contributed by atoms with Crippen molar-refractivity contribution < 1.29 is 15.0 Å². The molecule has 0 spiro atoms. The Morgan fingerprint density at radius 2 is 2.12 bits per heavy atom. The van der Waals surface area contributed by atoms with Crippen LogP contribution in [0.4, 0.5) is 4.79 Å². The quantitative estimate of drug-likeness (QED) is 0.681. The Morgan fingerprint density at radius 3 is 2.53 bits per heavy atom. The summed E-state index contributed by atoms with van der Waals surface area (Å²) in [5, 5.41) is 22.6. The average Bonchev–Trinajstić information content (AvgIpc) is 2.15. The lowest BCUT2D eigenvalue weighted by molar-refractivity contribution is -0.0617. The van der Waals surface area contributed by atoms with Crippen molar-refractivity contribution >= 4 is 6.09 Å². The van der Waals surface area contributed by atoms with E-state index in [0.717, 1.165) is 0 Å². The van der Waals surface area contributed by atoms with E-state index in [1.807, 2.05) is 20.8 Å². The van der Waals surface area contributed by atoms with Crippen LogP contribution in [0.25, 0.3) is 0 Å². The molecule has 0 aromatic carbocycles. The second kappa shape index (κ2) is 4.82. The maximum Gasteiger partial charge on any atom is 0.407 e. The predicted molar refractivity (Wildman–Crippen MR) is 66.1 cm³/mol. The van der Waals surface area contributed by atoms with E-state index in [0.29, 0.717) is 25.9 Å². The van der Waals surface area contributed by atoms with E-state index in [9.17, 15) is 15.0 Å². The summed E-state index contributed by atoms with van der Waals surface area (Å²) in [6, 6.07) is -0.146. The zero-order chi connectivity index (χ0) is 13.3. The molecule has 1 aliphatic rings. The number of nitrogens with zero attached hydrogens (tertiary/aromatic N) is 1. The molecule has 5 heteroatoms. The van der Waals surface area contributed by atoms with Gasteiger partial charge in [0.1, 0.15) is 0 Å². The third-order valence-corrected chi connectivity index (χ3v) is 3.52. The number of rotatable bonds is 2. The van der Waals surface area contributed by atoms with Crippen LogP contribution < -0.4 is 5.32 Å². The minimum atomic E-state index is -0.892. The first kappa shape index (κ1) is 14.3. The predicted octanol–water partition coefficient (Wildman–Crippen LogP) is 1.13. The van der Waals surface area contributed by atoms with Gasteiger partial charge in [-0.25, -0.2) is 4.79 Å². The average molecular weight is 244 g/mol. The number of piperidine rings is 1. The van der Waals surface area contributed by atoms with Crippen LogP contribution in [0, 0.1) is 5.41 Å². The highest BCUT2D eigenvalue weighted by atomic mass is 16.4. The molecule has 100 valence electrons. The number of carbonyl (C=O) groups is 1. The van der Waals surface area contributed by atoms with E-state index in [2.05, 4.69) is 5.32 Å². The van der Waals surface area contributed by atoms with Crippen molar-refractivity contribution in [2.75, 3.05) is 20.1 Å². The normalized spacial score (nSPS) is 30.4. The molecule has 0 saturated carbocycles. The van der Waals surface area contributed by atoms with Gasteiger partial charge in [-0.2, -0.15) is 0 Å². The summed E-state index contributed by atoms with van der Waals surface area (Å²) in [5.41, 5.74) is -0.959. The molecule has 1 amide bonds. The van der Waals surface area contributed by atoms with Gasteiger partial charge in [0, 0.05) is 19.1 Å². The fourth-order valence-corrected chi connectivity index (χ4v) is 2.55. The Balaban J connectivity index is 2.88. The largest absolute Gasteiger partial charge is 0.465 e. The number of carboxylic acid groups (broad SMARTS) is 1. The van der Waals surface area contributed by atoms with Gasteiger partial charge in [0.05, 0.1) is 5.60 Å². The molecule has 1 fully saturated rings. The zero-order valence-electron chi connectivity index (χ0n) is 11.2. The van der Waals surface area contributed by atoms with Crippen LogP contribution in [0.1, 0.15) is 33.6 Å². The maximum absolute atomic E-state index is 11.2. The number of hydrogen-bond acceptors (Lipinski definition) is 3. The molecular weight excluding hydrogens is 220 g/mol. The van der Waals surface area contributed by atoms with Crippen LogP contribution in [0.15, 0.2) is 0 Å². The first-order valence-electron chi connectivity index (χ1n) is 6.06. The van der Waals surface area contributed by atoms with Crippen LogP contribution >= 0.6 is 0 Å². The van der Waals surface area contributed by atoms with Crippen molar-refractivity contribution in [3.63, 3.8) is 0 Å². The molecule has 17 heavy (non-hydrogen) atoms. The first-order chi connectivity index (χ1) is 7.69. The Bertz CT molecular complexity index is 288. The van der Waals surface area contributed by atoms with Crippen LogP contribution in [0.5, 0.6) is 0 Å². The minimum Gasteiger partial charge on any atom is -0.465 e. The second-order valence-electron chi connectivity index (χ2n) is 6.07. The summed E-state index contributed by atoms with van der Waals surface area (Å²) in [5.74, 6) is 0. The van der Waals surface area contributed by atoms with E-state index in [4.69, 9.17) is 0 Å². The van der Waals surface area contributed by atoms with Crippen LogP contribution in [-0.4, -0.2) is 53.0 Å². The van der Waals surface area contributed by atoms with Crippen molar-refractivity contribution in [1.29, 1.82) is 0 Å². The van der Waals surface area contributed by atoms with Crippen LogP contribution in [-0.2, 0) is 0 Å². The van der Waals surface area contributed by atoms with Crippen molar-refractivity contribution in [3.05, 3.63) is 0 Å². The summed E-state index contributed by atoms with van der Waals surface area (Å²) in [6.45, 7) is 6.94. The number of likely N-dealkylation sites (tertiary alicyclic amines) is 1. The summed E-state index contributed by atoms with van der Waals surface area (Å²) < 4.78 is 0. The van der Waals surface area contributed by atoms with Crippen molar-refractivity contribution in [3.8, 4) is 0 Å². The summed E-state index contributed by atoms with van der Waals surface area (Å²) in [4.78, 5) is 12.7. The van der Waals surface area contributed by atoms with E-state index < -0.39 is 11.7 Å². The fourth-order valence-electron chi connectivity index (χ4n) is 2.55. The molecule has 2 unspecified atom stereocenters.